The average Bonchev–Trinajstić information content (AvgIpc) is 2.75. The van der Waals surface area contributed by atoms with Gasteiger partial charge in [-0.1, -0.05) is 30.8 Å². The maximum Gasteiger partial charge on any atom is 0.220 e. The van der Waals surface area contributed by atoms with Gasteiger partial charge in [0, 0.05) is 12.5 Å². The van der Waals surface area contributed by atoms with Gasteiger partial charge in [-0.05, 0) is 52.2 Å². The minimum Gasteiger partial charge on any atom is -0.477 e. The first kappa shape index (κ1) is 20.8. The van der Waals surface area contributed by atoms with Gasteiger partial charge in [0.15, 0.2) is 0 Å². The maximum atomic E-state index is 5.86. The summed E-state index contributed by atoms with van der Waals surface area (Å²) in [6, 6.07) is 0. The minimum atomic E-state index is 0.00710. The number of aromatic nitrogens is 2. The van der Waals surface area contributed by atoms with E-state index in [0.717, 1.165) is 23.6 Å². The van der Waals surface area contributed by atoms with Crippen LogP contribution >= 0.6 is 0 Å². The molecule has 1 rings (SSSR count). The lowest BCUT2D eigenvalue weighted by Gasteiger charge is -2.08. The van der Waals surface area contributed by atoms with Crippen LogP contribution in [0.2, 0.25) is 0 Å². The van der Waals surface area contributed by atoms with Crippen LogP contribution in [0.3, 0.4) is 0 Å². The molecule has 0 amide bonds. The van der Waals surface area contributed by atoms with Gasteiger partial charge < -0.3 is 9.57 Å². The Labute approximate surface area is 152 Å². The standard InChI is InChI=1S/C20H31N3O2/c1-16(2)11-14-24-19-18(17(3)22-23(19)7)15-21-25-13-10-8-9-12-20(4,5)6/h8,10,15-16H,11,13-14H2,1-7H3. The molecule has 0 bridgehead atoms. The van der Waals surface area contributed by atoms with Crippen LogP contribution in [-0.2, 0) is 11.9 Å². The van der Waals surface area contributed by atoms with E-state index in [9.17, 15) is 0 Å². The van der Waals surface area contributed by atoms with Gasteiger partial charge in [-0.2, -0.15) is 5.10 Å². The van der Waals surface area contributed by atoms with E-state index in [2.05, 4.69) is 56.7 Å². The van der Waals surface area contributed by atoms with Crippen LogP contribution in [0.4, 0.5) is 0 Å². The van der Waals surface area contributed by atoms with E-state index in [-0.39, 0.29) is 5.41 Å². The van der Waals surface area contributed by atoms with Crippen molar-refractivity contribution in [2.45, 2.75) is 48.0 Å². The number of aryl methyl sites for hydroxylation is 2. The number of oxime groups is 1. The Morgan fingerprint density at radius 3 is 2.68 bits per heavy atom. The van der Waals surface area contributed by atoms with Gasteiger partial charge in [0.25, 0.3) is 0 Å². The Bertz CT molecular complexity index is 653. The van der Waals surface area contributed by atoms with Crippen molar-refractivity contribution in [1.29, 1.82) is 0 Å². The topological polar surface area (TPSA) is 48.6 Å². The zero-order chi connectivity index (χ0) is 18.9. The first-order valence-electron chi connectivity index (χ1n) is 8.70. The van der Waals surface area contributed by atoms with Gasteiger partial charge in [0.05, 0.1) is 24.1 Å². The summed E-state index contributed by atoms with van der Waals surface area (Å²) >= 11 is 0. The highest BCUT2D eigenvalue weighted by Gasteiger charge is 2.13. The number of rotatable bonds is 8. The summed E-state index contributed by atoms with van der Waals surface area (Å²) in [5, 5.41) is 8.39. The van der Waals surface area contributed by atoms with Crippen molar-refractivity contribution in [3.63, 3.8) is 0 Å². The monoisotopic (exact) mass is 345 g/mol. The molecule has 0 aromatic carbocycles. The maximum absolute atomic E-state index is 5.86. The van der Waals surface area contributed by atoms with Crippen LogP contribution in [0, 0.1) is 30.1 Å². The fraction of sp³-hybridized carbons (Fsp3) is 0.600. The second kappa shape index (κ2) is 9.93. The average molecular weight is 345 g/mol. The van der Waals surface area contributed by atoms with E-state index in [1.165, 1.54) is 0 Å². The number of hydrogen-bond acceptors (Lipinski definition) is 4. The predicted molar refractivity (Wildman–Crippen MR) is 103 cm³/mol. The van der Waals surface area contributed by atoms with Crippen LogP contribution in [0.1, 0.15) is 52.3 Å². The van der Waals surface area contributed by atoms with Crippen molar-refractivity contribution >= 4 is 6.21 Å². The van der Waals surface area contributed by atoms with Gasteiger partial charge in [-0.3, -0.25) is 0 Å². The largest absolute Gasteiger partial charge is 0.477 e. The first-order chi connectivity index (χ1) is 11.7. The van der Waals surface area contributed by atoms with Crippen LogP contribution < -0.4 is 4.74 Å². The summed E-state index contributed by atoms with van der Waals surface area (Å²) in [6.07, 6.45) is 6.28. The first-order valence-corrected chi connectivity index (χ1v) is 8.70. The van der Waals surface area contributed by atoms with Gasteiger partial charge in [0.1, 0.15) is 6.61 Å². The van der Waals surface area contributed by atoms with Crippen molar-refractivity contribution in [2.24, 2.45) is 23.5 Å². The molecule has 138 valence electrons. The summed E-state index contributed by atoms with van der Waals surface area (Å²) in [7, 11) is 1.87. The second-order valence-corrected chi connectivity index (χ2v) is 7.41. The molecule has 0 aliphatic rings. The predicted octanol–water partition coefficient (Wildman–Crippen LogP) is 4.11. The van der Waals surface area contributed by atoms with Crippen molar-refractivity contribution in [3.8, 4) is 17.7 Å². The minimum absolute atomic E-state index is 0.00710. The summed E-state index contributed by atoms with van der Waals surface area (Å²) < 4.78 is 7.60. The van der Waals surface area contributed by atoms with E-state index in [0.29, 0.717) is 19.1 Å². The lowest BCUT2D eigenvalue weighted by Crippen LogP contribution is -2.06. The molecule has 0 saturated heterocycles. The normalized spacial score (nSPS) is 12.0. The highest BCUT2D eigenvalue weighted by atomic mass is 16.6. The Balaban J connectivity index is 2.56. The van der Waals surface area contributed by atoms with Crippen molar-refractivity contribution in [3.05, 3.63) is 23.4 Å². The van der Waals surface area contributed by atoms with Gasteiger partial charge in [0.2, 0.25) is 5.88 Å². The van der Waals surface area contributed by atoms with E-state index >= 15 is 0 Å². The molecule has 1 aromatic rings. The molecule has 1 heterocycles. The lowest BCUT2D eigenvalue weighted by molar-refractivity contribution is 0.176. The zero-order valence-electron chi connectivity index (χ0n) is 16.6. The molecule has 0 fully saturated rings. The van der Waals surface area contributed by atoms with Crippen LogP contribution in [0.5, 0.6) is 5.88 Å². The van der Waals surface area contributed by atoms with Crippen molar-refractivity contribution < 1.29 is 9.57 Å². The van der Waals surface area contributed by atoms with E-state index in [1.807, 2.05) is 20.0 Å². The third-order valence-electron chi connectivity index (χ3n) is 3.22. The summed E-state index contributed by atoms with van der Waals surface area (Å²) in [5.74, 6) is 7.44. The molecule has 0 N–H and O–H groups in total. The Kier molecular flexibility index (Phi) is 8.27. The fourth-order valence-corrected chi connectivity index (χ4v) is 1.91. The molecule has 5 nitrogen and oxygen atoms in total. The van der Waals surface area contributed by atoms with E-state index in [1.54, 1.807) is 17.0 Å². The molecule has 0 spiro atoms. The molecular formula is C20H31N3O2. The molecule has 5 heteroatoms. The van der Waals surface area contributed by atoms with E-state index < -0.39 is 0 Å². The van der Waals surface area contributed by atoms with Crippen molar-refractivity contribution in [1.82, 2.24) is 9.78 Å². The molecule has 0 saturated carbocycles. The molecule has 0 aliphatic carbocycles. The third-order valence-corrected chi connectivity index (χ3v) is 3.22. The number of nitrogens with zero attached hydrogens (tertiary/aromatic N) is 3. The van der Waals surface area contributed by atoms with Crippen LogP contribution in [0.15, 0.2) is 17.3 Å². The SMILES string of the molecule is Cc1nn(C)c(OCCC(C)C)c1C=NOCC=CC#CC(C)(C)C. The van der Waals surface area contributed by atoms with Crippen LogP contribution in [0.25, 0.3) is 0 Å². The highest BCUT2D eigenvalue weighted by molar-refractivity contribution is 5.83. The van der Waals surface area contributed by atoms with Gasteiger partial charge in [-0.25, -0.2) is 4.68 Å². The zero-order valence-corrected chi connectivity index (χ0v) is 16.6. The smallest absolute Gasteiger partial charge is 0.220 e. The molecular weight excluding hydrogens is 314 g/mol. The molecule has 0 radical (unpaired) electrons. The van der Waals surface area contributed by atoms with Crippen molar-refractivity contribution in [2.75, 3.05) is 13.2 Å². The Hall–Kier alpha value is -2.22. The molecule has 0 unspecified atom stereocenters. The number of ether oxygens (including phenoxy) is 1. The summed E-state index contributed by atoms with van der Waals surface area (Å²) in [6.45, 7) is 13.5. The number of allylic oxidation sites excluding steroid dienone is 1. The molecule has 1 aromatic heterocycles. The van der Waals surface area contributed by atoms with Gasteiger partial charge in [-0.15, -0.1) is 0 Å². The number of hydrogen-bond donors (Lipinski definition) is 0. The quantitative estimate of drug-likeness (QED) is 0.308. The third kappa shape index (κ3) is 8.44. The molecule has 0 atom stereocenters. The molecule has 25 heavy (non-hydrogen) atoms. The summed E-state index contributed by atoms with van der Waals surface area (Å²) in [5.41, 5.74) is 1.72. The summed E-state index contributed by atoms with van der Waals surface area (Å²) in [4.78, 5) is 5.25. The van der Waals surface area contributed by atoms with Gasteiger partial charge >= 0.3 is 0 Å². The van der Waals surface area contributed by atoms with E-state index in [4.69, 9.17) is 9.57 Å². The Morgan fingerprint density at radius 1 is 1.32 bits per heavy atom. The Morgan fingerprint density at radius 2 is 2.04 bits per heavy atom. The highest BCUT2D eigenvalue weighted by Crippen LogP contribution is 2.20. The molecule has 0 aliphatic heterocycles. The second-order valence-electron chi connectivity index (χ2n) is 7.41. The fourth-order valence-electron chi connectivity index (χ4n) is 1.91. The lowest BCUT2D eigenvalue weighted by atomic mass is 9.98. The van der Waals surface area contributed by atoms with Crippen LogP contribution in [-0.4, -0.2) is 29.2 Å².